The van der Waals surface area contributed by atoms with E-state index in [4.69, 9.17) is 18.9 Å². The van der Waals surface area contributed by atoms with Crippen molar-refractivity contribution in [3.63, 3.8) is 0 Å². The van der Waals surface area contributed by atoms with E-state index in [0.29, 0.717) is 23.6 Å². The number of hydrogen-bond acceptors (Lipinski definition) is 9. The maximum atomic E-state index is 9.22. The molecule has 0 saturated carbocycles. The summed E-state index contributed by atoms with van der Waals surface area (Å²) in [5.74, 6) is -0.130. The van der Waals surface area contributed by atoms with Gasteiger partial charge in [-0.2, -0.15) is 0 Å². The third-order valence-electron chi connectivity index (χ3n) is 5.49. The van der Waals surface area contributed by atoms with E-state index in [0.717, 1.165) is 11.3 Å². The van der Waals surface area contributed by atoms with Gasteiger partial charge in [-0.1, -0.05) is 12.1 Å². The van der Waals surface area contributed by atoms with Crippen molar-refractivity contribution in [3.8, 4) is 0 Å². The molecule has 0 aliphatic carbocycles. The average Bonchev–Trinajstić information content (AvgIpc) is 3.41. The molecule has 2 aliphatic rings. The number of nitrogens with one attached hydrogen (secondary N) is 1. The number of benzene rings is 1. The molecule has 10 nitrogen and oxygen atoms in total. The summed E-state index contributed by atoms with van der Waals surface area (Å²) >= 11 is 0. The second-order valence-electron chi connectivity index (χ2n) is 8.11. The maximum absolute atomic E-state index is 9.22. The van der Waals surface area contributed by atoms with Gasteiger partial charge >= 0.3 is 0 Å². The highest BCUT2D eigenvalue weighted by Crippen LogP contribution is 2.44. The van der Waals surface area contributed by atoms with Gasteiger partial charge in [0.05, 0.1) is 19.5 Å². The molecule has 2 aliphatic heterocycles. The van der Waals surface area contributed by atoms with E-state index in [1.54, 1.807) is 13.4 Å². The van der Waals surface area contributed by atoms with Crippen LogP contribution < -0.4 is 5.32 Å². The minimum absolute atomic E-state index is 0.00135. The van der Waals surface area contributed by atoms with Crippen molar-refractivity contribution in [2.24, 2.45) is 0 Å². The number of hydrogen-bond donors (Lipinski definition) is 2. The molecular formula is C21H25N5O5. The van der Waals surface area contributed by atoms with Gasteiger partial charge in [-0.3, -0.25) is 4.57 Å². The highest BCUT2D eigenvalue weighted by molar-refractivity contribution is 5.85. The number of aliphatic hydroxyl groups excluding tert-OH is 1. The lowest BCUT2D eigenvalue weighted by atomic mass is 10.1. The molecule has 164 valence electrons. The summed E-state index contributed by atoms with van der Waals surface area (Å²) in [6, 6.07) is 7.45. The van der Waals surface area contributed by atoms with Crippen molar-refractivity contribution in [1.29, 1.82) is 0 Å². The number of rotatable bonds is 6. The Morgan fingerprint density at radius 2 is 1.90 bits per heavy atom. The predicted molar refractivity (Wildman–Crippen MR) is 111 cm³/mol. The van der Waals surface area contributed by atoms with E-state index in [9.17, 15) is 5.11 Å². The zero-order chi connectivity index (χ0) is 21.6. The molecule has 1 aromatic carbocycles. The first-order valence-electron chi connectivity index (χ1n) is 10.1. The molecule has 4 atom stereocenters. The first kappa shape index (κ1) is 20.3. The minimum atomic E-state index is -0.706. The third kappa shape index (κ3) is 3.66. The van der Waals surface area contributed by atoms with E-state index in [1.807, 2.05) is 42.7 Å². The highest BCUT2D eigenvalue weighted by Gasteiger charge is 2.56. The summed E-state index contributed by atoms with van der Waals surface area (Å²) in [6.45, 7) is 4.18. The third-order valence-corrected chi connectivity index (χ3v) is 5.49. The Kier molecular flexibility index (Phi) is 5.11. The van der Waals surface area contributed by atoms with Crippen LogP contribution in [0.25, 0.3) is 11.2 Å². The van der Waals surface area contributed by atoms with Crippen LogP contribution in [-0.2, 0) is 25.6 Å². The largest absolute Gasteiger partial charge is 0.392 e. The Bertz CT molecular complexity index is 1070. The zero-order valence-corrected chi connectivity index (χ0v) is 17.6. The number of nitrogens with zero attached hydrogens (tertiary/aromatic N) is 4. The molecular weight excluding hydrogens is 402 g/mol. The van der Waals surface area contributed by atoms with Crippen LogP contribution in [0.1, 0.15) is 25.6 Å². The fourth-order valence-electron chi connectivity index (χ4n) is 4.14. The van der Waals surface area contributed by atoms with Gasteiger partial charge in [-0.25, -0.2) is 15.0 Å². The Morgan fingerprint density at radius 1 is 1.13 bits per heavy atom. The van der Waals surface area contributed by atoms with Crippen molar-refractivity contribution in [2.75, 3.05) is 19.0 Å². The Hall–Kier alpha value is -2.63. The van der Waals surface area contributed by atoms with Gasteiger partial charge in [0.1, 0.15) is 24.6 Å². The monoisotopic (exact) mass is 427 g/mol. The molecule has 3 aromatic rings. The van der Waals surface area contributed by atoms with Gasteiger partial charge in [0, 0.05) is 12.8 Å². The Morgan fingerprint density at radius 3 is 2.65 bits per heavy atom. The number of ether oxygens (including phenoxy) is 4. The molecule has 2 aromatic heterocycles. The predicted octanol–water partition coefficient (Wildman–Crippen LogP) is 2.13. The van der Waals surface area contributed by atoms with Crippen LogP contribution in [0.2, 0.25) is 0 Å². The highest BCUT2D eigenvalue weighted by atomic mass is 16.8. The molecule has 0 unspecified atom stereocenters. The molecule has 0 radical (unpaired) electrons. The number of fused-ring (bicyclic) bond motifs is 2. The lowest BCUT2D eigenvalue weighted by molar-refractivity contribution is -0.200. The number of aromatic nitrogens is 4. The normalized spacial score (nSPS) is 27.0. The number of imidazole rings is 1. The Balaban J connectivity index is 1.46. The van der Waals surface area contributed by atoms with Gasteiger partial charge in [0.2, 0.25) is 0 Å². The zero-order valence-electron chi connectivity index (χ0n) is 17.6. The van der Waals surface area contributed by atoms with Crippen LogP contribution in [0.4, 0.5) is 11.5 Å². The fourth-order valence-corrected chi connectivity index (χ4v) is 4.14. The molecule has 4 heterocycles. The standard InChI is InChI=1S/C21H25N5O5/c1-21(2)30-16-14(9-28-3)29-20(17(16)31-21)26-11-24-15-18(22-10-23-19(15)26)25-13-6-4-12(8-27)5-7-13/h4-7,10-11,14,16-17,20,27H,8-9H2,1-3H3,(H,22,23,25)/t14-,16-,17-,20-/m1/s1. The van der Waals surface area contributed by atoms with Crippen molar-refractivity contribution in [3.05, 3.63) is 42.5 Å². The first-order valence-corrected chi connectivity index (χ1v) is 10.1. The van der Waals surface area contributed by atoms with E-state index >= 15 is 0 Å². The number of anilines is 2. The smallest absolute Gasteiger partial charge is 0.167 e. The van der Waals surface area contributed by atoms with Crippen LogP contribution in [0.3, 0.4) is 0 Å². The second kappa shape index (κ2) is 7.81. The van der Waals surface area contributed by atoms with Crippen molar-refractivity contribution < 1.29 is 24.1 Å². The molecule has 10 heteroatoms. The molecule has 2 saturated heterocycles. The van der Waals surface area contributed by atoms with Gasteiger partial charge in [-0.05, 0) is 31.5 Å². The van der Waals surface area contributed by atoms with Gasteiger partial charge in [-0.15, -0.1) is 0 Å². The van der Waals surface area contributed by atoms with Crippen LogP contribution in [0, 0.1) is 0 Å². The van der Waals surface area contributed by atoms with E-state index < -0.39 is 12.0 Å². The number of aliphatic hydroxyl groups is 1. The molecule has 0 bridgehead atoms. The van der Waals surface area contributed by atoms with E-state index in [1.165, 1.54) is 6.33 Å². The lowest BCUT2D eigenvalue weighted by Crippen LogP contribution is -2.32. The summed E-state index contributed by atoms with van der Waals surface area (Å²) in [5.41, 5.74) is 2.91. The van der Waals surface area contributed by atoms with Crippen LogP contribution in [0.5, 0.6) is 0 Å². The molecule has 31 heavy (non-hydrogen) atoms. The average molecular weight is 427 g/mol. The van der Waals surface area contributed by atoms with Crippen molar-refractivity contribution >= 4 is 22.7 Å². The van der Waals surface area contributed by atoms with Gasteiger partial charge < -0.3 is 29.4 Å². The van der Waals surface area contributed by atoms with Gasteiger partial charge in [0.15, 0.2) is 29.0 Å². The van der Waals surface area contributed by atoms with Gasteiger partial charge in [0.25, 0.3) is 0 Å². The topological polar surface area (TPSA) is 113 Å². The Labute approximate surface area is 179 Å². The lowest BCUT2D eigenvalue weighted by Gasteiger charge is -2.24. The molecule has 2 N–H and O–H groups in total. The molecule has 2 fully saturated rings. The van der Waals surface area contributed by atoms with Crippen LogP contribution in [0.15, 0.2) is 36.9 Å². The summed E-state index contributed by atoms with van der Waals surface area (Å²) in [7, 11) is 1.64. The SMILES string of the molecule is COC[C@H]1O[C@@H](n2cnc3c(Nc4ccc(CO)cc4)ncnc32)[C@@H]2OC(C)(C)O[C@@H]21. The quantitative estimate of drug-likeness (QED) is 0.611. The molecule has 5 rings (SSSR count). The summed E-state index contributed by atoms with van der Waals surface area (Å²) < 4.78 is 25.6. The summed E-state index contributed by atoms with van der Waals surface area (Å²) in [6.07, 6.45) is 1.89. The van der Waals surface area contributed by atoms with E-state index in [-0.39, 0.29) is 24.9 Å². The second-order valence-corrected chi connectivity index (χ2v) is 8.11. The van der Waals surface area contributed by atoms with Crippen LogP contribution >= 0.6 is 0 Å². The van der Waals surface area contributed by atoms with Crippen molar-refractivity contribution in [1.82, 2.24) is 19.5 Å². The van der Waals surface area contributed by atoms with E-state index in [2.05, 4.69) is 20.3 Å². The summed E-state index contributed by atoms with van der Waals surface area (Å²) in [5, 5.41) is 12.5. The fraction of sp³-hybridized carbons (Fsp3) is 0.476. The summed E-state index contributed by atoms with van der Waals surface area (Å²) in [4.78, 5) is 13.3. The maximum Gasteiger partial charge on any atom is 0.167 e. The molecule has 0 spiro atoms. The number of methoxy groups -OCH3 is 1. The first-order chi connectivity index (χ1) is 15.0. The molecule has 0 amide bonds. The van der Waals surface area contributed by atoms with Crippen molar-refractivity contribution in [2.45, 2.75) is 50.8 Å². The minimum Gasteiger partial charge on any atom is -0.392 e. The van der Waals surface area contributed by atoms with Crippen LogP contribution in [-0.4, -0.2) is 62.4 Å².